The van der Waals surface area contributed by atoms with Gasteiger partial charge in [0.2, 0.25) is 6.29 Å². The Morgan fingerprint density at radius 1 is 0.840 bits per heavy atom. The lowest BCUT2D eigenvalue weighted by Gasteiger charge is -2.33. The molecule has 0 N–H and O–H groups in total. The number of rotatable bonds is 7. The van der Waals surface area contributed by atoms with Crippen LogP contribution >= 0.6 is 0 Å². The van der Waals surface area contributed by atoms with Gasteiger partial charge in [-0.2, -0.15) is 0 Å². The van der Waals surface area contributed by atoms with Gasteiger partial charge in [-0.25, -0.2) is 0 Å². The van der Waals surface area contributed by atoms with Crippen LogP contribution in [0.4, 0.5) is 0 Å². The van der Waals surface area contributed by atoms with E-state index in [-0.39, 0.29) is 17.8 Å². The Morgan fingerprint density at radius 2 is 1.44 bits per heavy atom. The summed E-state index contributed by atoms with van der Waals surface area (Å²) in [4.78, 5) is 0. The second-order valence-electron chi connectivity index (χ2n) is 7.88. The number of hydrogen-bond acceptors (Lipinski definition) is 2. The molecule has 3 unspecified atom stereocenters. The molecule has 0 aliphatic rings. The van der Waals surface area contributed by atoms with Crippen LogP contribution < -0.4 is 4.74 Å². The zero-order valence-corrected chi connectivity index (χ0v) is 16.5. The topological polar surface area (TPSA) is 18.5 Å². The van der Waals surface area contributed by atoms with Gasteiger partial charge in [-0.05, 0) is 42.5 Å². The van der Waals surface area contributed by atoms with Gasteiger partial charge in [-0.1, -0.05) is 77.1 Å². The van der Waals surface area contributed by atoms with Crippen LogP contribution in [0.25, 0.3) is 0 Å². The van der Waals surface area contributed by atoms with Crippen molar-refractivity contribution < 1.29 is 9.47 Å². The second kappa shape index (κ2) is 8.53. The molecule has 2 heteroatoms. The van der Waals surface area contributed by atoms with Gasteiger partial charge in [0.05, 0.1) is 6.10 Å². The number of benzene rings is 2. The van der Waals surface area contributed by atoms with Crippen molar-refractivity contribution in [2.24, 2.45) is 5.41 Å². The third-order valence-corrected chi connectivity index (χ3v) is 4.61. The average Bonchev–Trinajstić information content (AvgIpc) is 2.61. The minimum absolute atomic E-state index is 0.0233. The van der Waals surface area contributed by atoms with E-state index in [9.17, 15) is 0 Å². The van der Waals surface area contributed by atoms with Crippen molar-refractivity contribution in [3.8, 4) is 5.75 Å². The third-order valence-electron chi connectivity index (χ3n) is 4.61. The van der Waals surface area contributed by atoms with Crippen LogP contribution in [0, 0.1) is 5.41 Å². The highest BCUT2D eigenvalue weighted by molar-refractivity contribution is 5.29. The Balaban J connectivity index is 2.10. The molecule has 2 rings (SSSR count). The van der Waals surface area contributed by atoms with Gasteiger partial charge in [-0.3, -0.25) is 0 Å². The molecule has 2 aromatic carbocycles. The lowest BCUT2D eigenvalue weighted by molar-refractivity contribution is -0.169. The van der Waals surface area contributed by atoms with Crippen molar-refractivity contribution in [3.05, 3.63) is 65.7 Å². The number of hydrogen-bond donors (Lipinski definition) is 0. The zero-order valence-electron chi connectivity index (χ0n) is 16.5. The summed E-state index contributed by atoms with van der Waals surface area (Å²) in [7, 11) is 0. The number of ether oxygens (including phenoxy) is 2. The molecule has 0 radical (unpaired) electrons. The summed E-state index contributed by atoms with van der Waals surface area (Å²) in [5, 5.41) is 0. The predicted molar refractivity (Wildman–Crippen MR) is 105 cm³/mol. The van der Waals surface area contributed by atoms with Crippen LogP contribution in [-0.4, -0.2) is 6.29 Å². The Bertz CT molecular complexity index is 625. The highest BCUT2D eigenvalue weighted by Crippen LogP contribution is 2.31. The molecule has 0 aliphatic heterocycles. The van der Waals surface area contributed by atoms with Gasteiger partial charge in [0.1, 0.15) is 5.75 Å². The smallest absolute Gasteiger partial charge is 0.205 e. The van der Waals surface area contributed by atoms with Crippen LogP contribution in [-0.2, 0) is 4.74 Å². The van der Waals surface area contributed by atoms with Crippen molar-refractivity contribution >= 4 is 0 Å². The van der Waals surface area contributed by atoms with Gasteiger partial charge in [0.15, 0.2) is 0 Å². The fourth-order valence-corrected chi connectivity index (χ4v) is 2.63. The lowest BCUT2D eigenvalue weighted by Crippen LogP contribution is -2.35. The molecular weight excluding hydrogens is 308 g/mol. The van der Waals surface area contributed by atoms with E-state index in [0.29, 0.717) is 5.92 Å². The summed E-state index contributed by atoms with van der Waals surface area (Å²) in [6, 6.07) is 18.7. The van der Waals surface area contributed by atoms with Crippen LogP contribution in [0.5, 0.6) is 5.75 Å². The van der Waals surface area contributed by atoms with Gasteiger partial charge in [0, 0.05) is 5.41 Å². The fourth-order valence-electron chi connectivity index (χ4n) is 2.63. The molecule has 0 spiro atoms. The Morgan fingerprint density at radius 3 is 1.96 bits per heavy atom. The Labute approximate surface area is 153 Å². The zero-order chi connectivity index (χ0) is 18.4. The molecule has 2 aromatic rings. The van der Waals surface area contributed by atoms with Crippen LogP contribution in [0.15, 0.2) is 54.6 Å². The van der Waals surface area contributed by atoms with E-state index in [0.717, 1.165) is 17.7 Å². The van der Waals surface area contributed by atoms with Crippen LogP contribution in [0.3, 0.4) is 0 Å². The minimum atomic E-state index is -0.322. The molecule has 25 heavy (non-hydrogen) atoms. The summed E-state index contributed by atoms with van der Waals surface area (Å²) in [6.45, 7) is 13.0. The molecular formula is C23H32O2. The lowest BCUT2D eigenvalue weighted by atomic mass is 9.95. The van der Waals surface area contributed by atoms with E-state index in [2.05, 4.69) is 77.9 Å². The molecule has 3 atom stereocenters. The molecule has 0 aromatic heterocycles. The van der Waals surface area contributed by atoms with Crippen LogP contribution in [0.2, 0.25) is 0 Å². The van der Waals surface area contributed by atoms with E-state index < -0.39 is 0 Å². The van der Waals surface area contributed by atoms with Gasteiger partial charge in [-0.15, -0.1) is 0 Å². The molecule has 0 saturated heterocycles. The van der Waals surface area contributed by atoms with Crippen molar-refractivity contribution in [2.45, 2.75) is 66.3 Å². The first kappa shape index (κ1) is 19.5. The summed E-state index contributed by atoms with van der Waals surface area (Å²) in [5.74, 6) is 1.43. The van der Waals surface area contributed by atoms with Crippen molar-refractivity contribution in [1.82, 2.24) is 0 Å². The summed E-state index contributed by atoms with van der Waals surface area (Å²) in [5.41, 5.74) is 2.38. The van der Waals surface area contributed by atoms with Crippen molar-refractivity contribution in [2.75, 3.05) is 0 Å². The van der Waals surface area contributed by atoms with Crippen LogP contribution in [0.1, 0.15) is 71.1 Å². The largest absolute Gasteiger partial charge is 0.464 e. The molecule has 0 heterocycles. The monoisotopic (exact) mass is 340 g/mol. The normalized spacial score (nSPS) is 15.4. The predicted octanol–water partition coefficient (Wildman–Crippen LogP) is 6.73. The first-order valence-electron chi connectivity index (χ1n) is 9.28. The van der Waals surface area contributed by atoms with Gasteiger partial charge >= 0.3 is 0 Å². The molecule has 0 saturated carbocycles. The highest BCUT2D eigenvalue weighted by Gasteiger charge is 2.29. The maximum atomic E-state index is 6.28. The fraction of sp³-hybridized carbons (Fsp3) is 0.478. The molecule has 0 fully saturated rings. The maximum absolute atomic E-state index is 6.28. The first-order valence-corrected chi connectivity index (χ1v) is 9.28. The minimum Gasteiger partial charge on any atom is -0.464 e. The third kappa shape index (κ3) is 5.61. The Kier molecular flexibility index (Phi) is 6.66. The second-order valence-corrected chi connectivity index (χ2v) is 7.88. The quantitative estimate of drug-likeness (QED) is 0.520. The molecule has 0 aliphatic carbocycles. The molecule has 2 nitrogen and oxygen atoms in total. The SMILES string of the molecule is CCC(C)c1ccc(OC(OC(C)c2ccccc2)C(C)(C)C)cc1. The van der Waals surface area contributed by atoms with E-state index in [1.54, 1.807) is 0 Å². The molecule has 136 valence electrons. The molecule has 0 bridgehead atoms. The average molecular weight is 341 g/mol. The standard InChI is InChI=1S/C23H32O2/c1-7-17(2)19-13-15-21(16-14-19)25-22(23(4,5)6)24-18(3)20-11-9-8-10-12-20/h8-18,22H,7H2,1-6H3. The summed E-state index contributed by atoms with van der Waals surface area (Å²) < 4.78 is 12.5. The van der Waals surface area contributed by atoms with E-state index in [1.807, 2.05) is 18.2 Å². The van der Waals surface area contributed by atoms with E-state index >= 15 is 0 Å². The van der Waals surface area contributed by atoms with Gasteiger partial charge < -0.3 is 9.47 Å². The van der Waals surface area contributed by atoms with E-state index in [4.69, 9.17) is 9.47 Å². The van der Waals surface area contributed by atoms with Crippen molar-refractivity contribution in [3.63, 3.8) is 0 Å². The highest BCUT2D eigenvalue weighted by atomic mass is 16.7. The first-order chi connectivity index (χ1) is 11.8. The van der Waals surface area contributed by atoms with E-state index in [1.165, 1.54) is 5.56 Å². The molecule has 0 amide bonds. The summed E-state index contributed by atoms with van der Waals surface area (Å²) in [6.07, 6.45) is 0.796. The Hall–Kier alpha value is -1.80. The summed E-state index contributed by atoms with van der Waals surface area (Å²) >= 11 is 0. The van der Waals surface area contributed by atoms with Crippen molar-refractivity contribution in [1.29, 1.82) is 0 Å². The van der Waals surface area contributed by atoms with Gasteiger partial charge in [0.25, 0.3) is 0 Å². The maximum Gasteiger partial charge on any atom is 0.205 e.